The maximum absolute atomic E-state index is 15.0. The molecule has 7 aromatic rings. The van der Waals surface area contributed by atoms with Crippen molar-refractivity contribution >= 4 is 41.8 Å². The average Bonchev–Trinajstić information content (AvgIpc) is 3.40. The molecule has 8 heteroatoms. The Bertz CT molecular complexity index is 2670. The molecule has 1 aliphatic carbocycles. The zero-order chi connectivity index (χ0) is 35.2. The summed E-state index contributed by atoms with van der Waals surface area (Å²) in [4.78, 5) is -0.194. The van der Waals surface area contributed by atoms with E-state index in [4.69, 9.17) is 4.18 Å². The number of hydrogen-bond acceptors (Lipinski definition) is 5. The Labute approximate surface area is 297 Å². The van der Waals surface area contributed by atoms with E-state index < -0.39 is 20.2 Å². The minimum absolute atomic E-state index is 0.00951. The Morgan fingerprint density at radius 2 is 1.06 bits per heavy atom. The maximum atomic E-state index is 15.0. The second-order valence-corrected chi connectivity index (χ2v) is 15.8. The monoisotopic (exact) mass is 710 g/mol. The van der Waals surface area contributed by atoms with E-state index in [2.05, 4.69) is 24.3 Å². The summed E-state index contributed by atoms with van der Waals surface area (Å²) >= 11 is 0. The van der Waals surface area contributed by atoms with E-state index in [1.54, 1.807) is 0 Å². The third-order valence-electron chi connectivity index (χ3n) is 9.78. The summed E-state index contributed by atoms with van der Waals surface area (Å²) in [5.74, 6) is 0.0697. The SMILES string of the molecule is O=S(=O)(O)c1ccc(OS(=O)(=O)c2c(-c3ccccc3)cc(-c3cccc4ccccc34)cc2-c2cccc3ccccc23)c2c1CCCCC2. The summed E-state index contributed by atoms with van der Waals surface area (Å²) < 4.78 is 71.1. The van der Waals surface area contributed by atoms with Crippen molar-refractivity contribution < 1.29 is 25.6 Å². The molecule has 0 aliphatic heterocycles. The first-order valence-corrected chi connectivity index (χ1v) is 19.8. The lowest BCUT2D eigenvalue weighted by atomic mass is 9.89. The van der Waals surface area contributed by atoms with Gasteiger partial charge in [0, 0.05) is 16.7 Å². The fourth-order valence-electron chi connectivity index (χ4n) is 7.48. The van der Waals surface area contributed by atoms with Crippen LogP contribution in [0.25, 0.3) is 54.9 Å². The van der Waals surface area contributed by atoms with Gasteiger partial charge in [0.1, 0.15) is 10.6 Å². The van der Waals surface area contributed by atoms with Crippen LogP contribution < -0.4 is 4.18 Å². The summed E-state index contributed by atoms with van der Waals surface area (Å²) in [7, 11) is -9.12. The van der Waals surface area contributed by atoms with Crippen LogP contribution in [0.1, 0.15) is 30.4 Å². The lowest BCUT2D eigenvalue weighted by Crippen LogP contribution is -2.15. The van der Waals surface area contributed by atoms with Crippen molar-refractivity contribution in [1.82, 2.24) is 0 Å². The molecular formula is C43H34O6S2. The molecule has 0 heterocycles. The Morgan fingerprint density at radius 1 is 0.490 bits per heavy atom. The largest absolute Gasteiger partial charge is 0.379 e. The second kappa shape index (κ2) is 13.1. The average molecular weight is 711 g/mol. The Kier molecular flexibility index (Phi) is 8.46. The molecule has 0 unspecified atom stereocenters. The van der Waals surface area contributed by atoms with Crippen LogP contribution in [0.15, 0.2) is 149 Å². The van der Waals surface area contributed by atoms with Crippen LogP contribution in [0.3, 0.4) is 0 Å². The van der Waals surface area contributed by atoms with Gasteiger partial charge in [-0.05, 0) is 99.3 Å². The van der Waals surface area contributed by atoms with Gasteiger partial charge >= 0.3 is 10.1 Å². The highest BCUT2D eigenvalue weighted by atomic mass is 32.2. The van der Waals surface area contributed by atoms with Crippen LogP contribution in [0.2, 0.25) is 0 Å². The third kappa shape index (κ3) is 6.20. The molecule has 1 N–H and O–H groups in total. The predicted octanol–water partition coefficient (Wildman–Crippen LogP) is 10.3. The Morgan fingerprint density at radius 3 is 1.75 bits per heavy atom. The van der Waals surface area contributed by atoms with Gasteiger partial charge in [0.2, 0.25) is 0 Å². The maximum Gasteiger partial charge on any atom is 0.340 e. The van der Waals surface area contributed by atoms with Crippen molar-refractivity contribution in [2.45, 2.75) is 41.9 Å². The van der Waals surface area contributed by atoms with Gasteiger partial charge in [-0.15, -0.1) is 0 Å². The predicted molar refractivity (Wildman–Crippen MR) is 203 cm³/mol. The van der Waals surface area contributed by atoms with Gasteiger partial charge in [-0.25, -0.2) is 0 Å². The van der Waals surface area contributed by atoms with E-state index in [0.717, 1.165) is 51.1 Å². The van der Waals surface area contributed by atoms with Crippen molar-refractivity contribution in [2.75, 3.05) is 0 Å². The topological polar surface area (TPSA) is 97.7 Å². The molecule has 0 bridgehead atoms. The smallest absolute Gasteiger partial charge is 0.340 e. The van der Waals surface area contributed by atoms with Crippen LogP contribution >= 0.6 is 0 Å². The minimum Gasteiger partial charge on any atom is -0.379 e. The second-order valence-electron chi connectivity index (χ2n) is 12.9. The molecule has 254 valence electrons. The van der Waals surface area contributed by atoms with Crippen LogP contribution in [0.4, 0.5) is 0 Å². The molecular weight excluding hydrogens is 677 g/mol. The van der Waals surface area contributed by atoms with Gasteiger partial charge in [0.15, 0.2) is 0 Å². The van der Waals surface area contributed by atoms with Gasteiger partial charge < -0.3 is 4.18 Å². The fraction of sp³-hybridized carbons (Fsp3) is 0.116. The van der Waals surface area contributed by atoms with Gasteiger partial charge in [0.25, 0.3) is 10.1 Å². The highest BCUT2D eigenvalue weighted by Gasteiger charge is 2.31. The third-order valence-corrected chi connectivity index (χ3v) is 12.1. The number of hydrogen-bond donors (Lipinski definition) is 1. The van der Waals surface area contributed by atoms with E-state index in [1.807, 2.05) is 103 Å². The summed E-state index contributed by atoms with van der Waals surface area (Å²) in [5.41, 5.74) is 5.10. The molecule has 8 rings (SSSR count). The lowest BCUT2D eigenvalue weighted by Gasteiger charge is -2.21. The molecule has 1 aliphatic rings. The summed E-state index contributed by atoms with van der Waals surface area (Å²) in [6.45, 7) is 0. The highest BCUT2D eigenvalue weighted by Crippen LogP contribution is 2.45. The zero-order valence-electron chi connectivity index (χ0n) is 27.6. The van der Waals surface area contributed by atoms with Crippen molar-refractivity contribution in [2.24, 2.45) is 0 Å². The molecule has 0 saturated carbocycles. The molecule has 0 aromatic heterocycles. The highest BCUT2D eigenvalue weighted by molar-refractivity contribution is 7.87. The molecule has 0 amide bonds. The van der Waals surface area contributed by atoms with Gasteiger partial charge in [-0.2, -0.15) is 16.8 Å². The van der Waals surface area contributed by atoms with Crippen molar-refractivity contribution in [3.05, 3.63) is 151 Å². The molecule has 51 heavy (non-hydrogen) atoms. The summed E-state index contributed by atoms with van der Waals surface area (Å²) in [5, 5.41) is 3.95. The standard InChI is InChI=1S/C43H34O6S2/c44-50(45,46)42-26-25-41(37-21-5-2-6-22-38(37)42)49-51(47,48)43-39(31-13-3-1-4-14-31)27-32(35-23-11-17-29-15-7-9-19-33(29)35)28-40(43)36-24-12-18-30-16-8-10-20-34(30)36/h1,3-4,7-20,23-28H,2,5-6,21-22H2,(H,44,45,46). The van der Waals surface area contributed by atoms with E-state index >= 15 is 8.42 Å². The zero-order valence-corrected chi connectivity index (χ0v) is 29.3. The Balaban J connectivity index is 1.43. The normalized spacial score (nSPS) is 13.5. The van der Waals surface area contributed by atoms with E-state index in [1.165, 1.54) is 12.1 Å². The first-order chi connectivity index (χ1) is 24.7. The molecule has 0 radical (unpaired) electrons. The summed E-state index contributed by atoms with van der Waals surface area (Å²) in [6.07, 6.45) is 3.09. The van der Waals surface area contributed by atoms with Crippen molar-refractivity contribution in [3.63, 3.8) is 0 Å². The van der Waals surface area contributed by atoms with E-state index in [9.17, 15) is 13.0 Å². The molecule has 7 aromatic carbocycles. The molecule has 0 saturated heterocycles. The van der Waals surface area contributed by atoms with Crippen LogP contribution in [-0.2, 0) is 33.1 Å². The van der Waals surface area contributed by atoms with E-state index in [-0.39, 0.29) is 15.5 Å². The first-order valence-electron chi connectivity index (χ1n) is 17.0. The van der Waals surface area contributed by atoms with Gasteiger partial charge in [0.05, 0.1) is 4.90 Å². The molecule has 0 atom stereocenters. The molecule has 0 spiro atoms. The number of fused-ring (bicyclic) bond motifs is 3. The lowest BCUT2D eigenvalue weighted by molar-refractivity contribution is 0.479. The van der Waals surface area contributed by atoms with Crippen LogP contribution in [-0.4, -0.2) is 21.4 Å². The van der Waals surface area contributed by atoms with Gasteiger partial charge in [-0.3, -0.25) is 4.55 Å². The summed E-state index contributed by atoms with van der Waals surface area (Å²) in [6, 6.07) is 43.9. The number of rotatable bonds is 7. The van der Waals surface area contributed by atoms with Crippen molar-refractivity contribution in [3.8, 4) is 39.1 Å². The van der Waals surface area contributed by atoms with Gasteiger partial charge in [-0.1, -0.05) is 122 Å². The van der Waals surface area contributed by atoms with E-state index in [0.29, 0.717) is 47.1 Å². The van der Waals surface area contributed by atoms with Crippen molar-refractivity contribution in [1.29, 1.82) is 0 Å². The molecule has 0 fully saturated rings. The minimum atomic E-state index is -4.59. The van der Waals surface area contributed by atoms with Crippen LogP contribution in [0, 0.1) is 0 Å². The Hall–Kier alpha value is -5.28. The fourth-order valence-corrected chi connectivity index (χ4v) is 9.62. The number of benzene rings is 7. The first kappa shape index (κ1) is 32.9. The molecule has 6 nitrogen and oxygen atoms in total. The van der Waals surface area contributed by atoms with Crippen LogP contribution in [0.5, 0.6) is 5.75 Å². The quantitative estimate of drug-likeness (QED) is 0.100.